The van der Waals surface area contributed by atoms with Gasteiger partial charge in [-0.25, -0.2) is 0 Å². The largest absolute Gasteiger partial charge is 0.400 e. The van der Waals surface area contributed by atoms with Crippen LogP contribution in [0.4, 0.5) is 0 Å². The molecule has 8 N–H and O–H groups in total. The van der Waals surface area contributed by atoms with Gasteiger partial charge in [-0.2, -0.15) is 0 Å². The second-order valence-electron chi connectivity index (χ2n) is 3.27. The molecule has 0 aromatic rings. The summed E-state index contributed by atoms with van der Waals surface area (Å²) < 4.78 is 34.0. The fourth-order valence-electron chi connectivity index (χ4n) is 0. The Balaban J connectivity index is -0.00000000316. The van der Waals surface area contributed by atoms with E-state index < -0.39 is 0 Å². The van der Waals surface area contributed by atoms with Crippen molar-refractivity contribution in [2.45, 2.75) is 146 Å². The van der Waals surface area contributed by atoms with Gasteiger partial charge in [-0.15, -0.1) is 24.0 Å². The van der Waals surface area contributed by atoms with E-state index in [1.807, 2.05) is 138 Å². The van der Waals surface area contributed by atoms with E-state index in [1.54, 1.807) is 114 Å². The van der Waals surface area contributed by atoms with Gasteiger partial charge >= 0.3 is 0 Å². The van der Waals surface area contributed by atoms with Crippen molar-refractivity contribution in [2.75, 3.05) is 171 Å². The van der Waals surface area contributed by atoms with Crippen molar-refractivity contribution in [3.05, 3.63) is 0 Å². The maximum atomic E-state index is 7.00. The number of aliphatic hydroxyl groups excluding tert-OH is 8. The molecule has 82 heavy (non-hydrogen) atoms. The van der Waals surface area contributed by atoms with Gasteiger partial charge < -0.3 is 78.7 Å². The average molecular weight is 1870 g/mol. The number of methoxy groups -OCH3 is 8. The smallest absolute Gasteiger partial charge is 0.0351 e. The summed E-state index contributed by atoms with van der Waals surface area (Å²) in [7, 11) is 34.0. The van der Waals surface area contributed by atoms with Crippen LogP contribution in [0.1, 0.15) is 146 Å². The van der Waals surface area contributed by atoms with Crippen molar-refractivity contribution in [3.63, 3.8) is 0 Å². The van der Waals surface area contributed by atoms with Gasteiger partial charge in [-0.05, 0) is 0 Å². The van der Waals surface area contributed by atoms with E-state index in [0.717, 1.165) is 56.9 Å². The van der Waals surface area contributed by atoms with E-state index in [-0.39, 0.29) is 786 Å². The number of ether oxygens (including phenoxy) is 8. The van der Waals surface area contributed by atoms with Crippen LogP contribution >= 0.6 is 24.0 Å². The Bertz CT molecular complexity index is 148. The Hall–Kier alpha value is 25.3. The molecular formula is C45H145Ar20IO16. The molecule has 0 rings (SSSR count). The van der Waals surface area contributed by atoms with Gasteiger partial charge in [0.2, 0.25) is 0 Å². The number of aliphatic hydroxyl groups is 8. The molecule has 0 atom stereocenters. The minimum absolute atomic E-state index is 0. The van der Waals surface area contributed by atoms with E-state index in [1.165, 1.54) is 0 Å². The van der Waals surface area contributed by atoms with E-state index in [2.05, 4.69) is 37.9 Å². The summed E-state index contributed by atoms with van der Waals surface area (Å²) >= 11 is 0. The third-order valence-electron chi connectivity index (χ3n) is 0. The summed E-state index contributed by atoms with van der Waals surface area (Å²) in [5.74, 6) is 0. The Kier molecular flexibility index (Phi) is 4470. The van der Waals surface area contributed by atoms with Crippen LogP contribution in [0.25, 0.3) is 0 Å². The summed E-state index contributed by atoms with van der Waals surface area (Å²) in [4.78, 5) is 0. The van der Waals surface area contributed by atoms with Gasteiger partial charge in [0.15, 0.2) is 0 Å². The molecular weight excluding hydrogens is 1720 g/mol. The van der Waals surface area contributed by atoms with E-state index in [0.29, 0.717) is 0 Å². The first-order valence-electron chi connectivity index (χ1n) is 20.1. The first-order chi connectivity index (χ1) is 29.3. The zero-order valence-corrected chi connectivity index (χ0v) is 74.8. The van der Waals surface area contributed by atoms with Gasteiger partial charge in [0.25, 0.3) is 0 Å². The number of rotatable bonds is 0. The fraction of sp³-hybridized carbons (Fsp3) is 1.00. The van der Waals surface area contributed by atoms with Gasteiger partial charge in [-0.1, -0.05) is 146 Å². The standard InChI is InChI=1S/8C2H6O.10C2H6.8CH4O.CH4.20Ar.HI/c8*1-3-2;18*1-2;;;;;;;;;;;;;;;;;;;;;;/h8*1-2H3;10*1-2H3;8*2H,1H3;1H4;;;;;;;;;;;;;;;;;;;;;1H. The molecule has 37 heteroatoms. The molecule has 0 unspecified atom stereocenters. The van der Waals surface area contributed by atoms with Crippen molar-refractivity contribution >= 4 is 24.0 Å². The van der Waals surface area contributed by atoms with Crippen molar-refractivity contribution < 1.29 is 834 Å². The van der Waals surface area contributed by atoms with E-state index in [9.17, 15) is 0 Å². The second-order valence-corrected chi connectivity index (χ2v) is 3.27. The van der Waals surface area contributed by atoms with Crippen LogP contribution in [0.15, 0.2) is 0 Å². The first-order valence-corrected chi connectivity index (χ1v) is 20.1. The number of halogens is 1. The minimum atomic E-state index is 0. The third kappa shape index (κ3) is 1790. The average Bonchev–Trinajstić information content (AvgIpc) is 3.37. The van der Waals surface area contributed by atoms with Crippen molar-refractivity contribution in [2.24, 2.45) is 0 Å². The second kappa shape index (κ2) is 1060. The Morgan fingerprint density at radius 2 is 0.122 bits per heavy atom. The summed E-state index contributed by atoms with van der Waals surface area (Å²) in [6.07, 6.45) is 0. The Morgan fingerprint density at radius 1 is 0.122 bits per heavy atom. The van der Waals surface area contributed by atoms with Gasteiger partial charge in [-0.3, -0.25) is 0 Å². The topological polar surface area (TPSA) is 236 Å². The van der Waals surface area contributed by atoms with Gasteiger partial charge in [0.1, 0.15) is 0 Å². The zero-order chi connectivity index (χ0) is 57.7. The van der Waals surface area contributed by atoms with Crippen LogP contribution in [0.2, 0.25) is 0 Å². The predicted molar refractivity (Wildman–Crippen MR) is 304 cm³/mol. The normalized spacial score (nSPS) is 3.07. The maximum absolute atomic E-state index is 7.00. The van der Waals surface area contributed by atoms with Crippen molar-refractivity contribution in [1.82, 2.24) is 0 Å². The van der Waals surface area contributed by atoms with E-state index in [4.69, 9.17) is 40.9 Å². The van der Waals surface area contributed by atoms with Crippen LogP contribution in [0, 0.1) is 755 Å². The zero-order valence-electron chi connectivity index (χ0n) is 58.3. The molecule has 0 radical (unpaired) electrons. The van der Waals surface area contributed by atoms with Crippen molar-refractivity contribution in [1.29, 1.82) is 0 Å². The molecule has 0 bridgehead atoms. The summed E-state index contributed by atoms with van der Waals surface area (Å²) in [6.45, 7) is 40.0. The SMILES string of the molecule is C.CC.CC.CC.CC.CC.CC.CC.CC.CC.CC.CO.CO.CO.CO.CO.CO.CO.CO.COC.COC.COC.COC.COC.COC.COC.COC.I.[Ar].[Ar].[Ar].[Ar].[Ar].[Ar].[Ar].[Ar].[Ar].[Ar].[Ar].[Ar].[Ar].[Ar].[Ar].[Ar].[Ar].[Ar].[Ar].[Ar]. The Morgan fingerprint density at radius 3 is 0.122 bits per heavy atom. The Labute approximate surface area is 1140 Å². The first kappa shape index (κ1) is 345. The minimum Gasteiger partial charge on any atom is -0.400 e. The molecule has 16 nitrogen and oxygen atoms in total. The maximum Gasteiger partial charge on any atom is 0.0351 e. The molecule has 0 aliphatic carbocycles. The van der Waals surface area contributed by atoms with Gasteiger partial charge in [0, 0.05) is 925 Å². The summed E-state index contributed by atoms with van der Waals surface area (Å²) in [5.41, 5.74) is 0. The predicted octanol–water partition coefficient (Wildman–Crippen LogP) is 10.5. The molecule has 0 amide bonds. The van der Waals surface area contributed by atoms with Crippen LogP contribution in [-0.2, 0) is 37.9 Å². The molecule has 0 spiro atoms. The fourth-order valence-corrected chi connectivity index (χ4v) is 0. The van der Waals surface area contributed by atoms with Crippen LogP contribution in [0.5, 0.6) is 0 Å². The molecule has 0 aromatic carbocycles. The molecule has 0 aliphatic rings. The van der Waals surface area contributed by atoms with Crippen LogP contribution < -0.4 is 0 Å². The molecule has 0 heterocycles. The monoisotopic (exact) mass is 1870 g/mol. The summed E-state index contributed by atoms with van der Waals surface area (Å²) in [6, 6.07) is 0. The van der Waals surface area contributed by atoms with Crippen LogP contribution in [0.3, 0.4) is 0 Å². The molecule has 588 valence electrons. The van der Waals surface area contributed by atoms with E-state index >= 15 is 0 Å². The molecule has 0 aromatic heterocycles. The molecule has 0 saturated heterocycles. The summed E-state index contributed by atoms with van der Waals surface area (Å²) in [5, 5.41) is 56.0. The number of hydrogen-bond acceptors (Lipinski definition) is 16. The third-order valence-corrected chi connectivity index (χ3v) is 0. The molecule has 0 saturated carbocycles. The van der Waals surface area contributed by atoms with Crippen molar-refractivity contribution in [3.8, 4) is 0 Å². The van der Waals surface area contributed by atoms with Gasteiger partial charge in [0.05, 0.1) is 0 Å². The molecule has 0 aliphatic heterocycles. The number of hydrogen-bond donors (Lipinski definition) is 8. The van der Waals surface area contributed by atoms with Crippen LogP contribution in [-0.4, -0.2) is 211 Å². The quantitative estimate of drug-likeness (QED) is 0.105. The molecule has 0 fully saturated rings.